The number of hydrogen-bond acceptors (Lipinski definition) is 3. The Labute approximate surface area is 98.0 Å². The average Bonchev–Trinajstić information content (AvgIpc) is 2.24. The van der Waals surface area contributed by atoms with Gasteiger partial charge in [-0.25, -0.2) is 0 Å². The van der Waals surface area contributed by atoms with Gasteiger partial charge in [-0.05, 0) is 24.1 Å². The quantitative estimate of drug-likeness (QED) is 0.782. The largest absolute Gasteiger partial charge is 0.411 e. The smallest absolute Gasteiger partial charge is 0.371 e. The Hall–Kier alpha value is -1.14. The van der Waals surface area contributed by atoms with Gasteiger partial charge in [-0.3, -0.25) is 4.98 Å². The van der Waals surface area contributed by atoms with Crippen LogP contribution in [0.15, 0.2) is 18.5 Å². The molecule has 96 valence electrons. The van der Waals surface area contributed by atoms with Crippen LogP contribution in [0.1, 0.15) is 11.1 Å². The zero-order valence-corrected chi connectivity index (χ0v) is 9.55. The van der Waals surface area contributed by atoms with E-state index < -0.39 is 12.8 Å². The van der Waals surface area contributed by atoms with E-state index in [4.69, 9.17) is 0 Å². The molecule has 0 aromatic carbocycles. The number of hydrogen-bond donors (Lipinski definition) is 1. The van der Waals surface area contributed by atoms with Gasteiger partial charge in [0.15, 0.2) is 0 Å². The second-order valence-electron chi connectivity index (χ2n) is 3.65. The molecular formula is C11H15F3N2O. The molecule has 0 spiro atoms. The predicted octanol–water partition coefficient (Wildman–Crippen LogP) is 2.06. The summed E-state index contributed by atoms with van der Waals surface area (Å²) in [5.74, 6) is 0. The molecule has 3 nitrogen and oxygen atoms in total. The average molecular weight is 248 g/mol. The van der Waals surface area contributed by atoms with Crippen LogP contribution in [0.25, 0.3) is 0 Å². The molecule has 0 radical (unpaired) electrons. The first kappa shape index (κ1) is 13.9. The lowest BCUT2D eigenvalue weighted by atomic mass is 10.2. The van der Waals surface area contributed by atoms with Crippen molar-refractivity contribution < 1.29 is 17.9 Å². The summed E-state index contributed by atoms with van der Waals surface area (Å²) >= 11 is 0. The summed E-state index contributed by atoms with van der Waals surface area (Å²) in [6.45, 7) is 1.76. The maximum absolute atomic E-state index is 11.7. The van der Waals surface area contributed by atoms with Crippen molar-refractivity contribution >= 4 is 0 Å². The standard InChI is InChI=1S/C11H15F3N2O/c1-9-2-3-15-6-10(9)7-16-4-5-17-8-11(12,13)14/h2-3,6,16H,4-5,7-8H2,1H3. The molecule has 0 saturated carbocycles. The van der Waals surface area contributed by atoms with Gasteiger partial charge in [-0.15, -0.1) is 0 Å². The van der Waals surface area contributed by atoms with Gasteiger partial charge in [-0.1, -0.05) is 0 Å². The van der Waals surface area contributed by atoms with Gasteiger partial charge in [0.2, 0.25) is 0 Å². The third-order valence-electron chi connectivity index (χ3n) is 2.15. The number of nitrogens with zero attached hydrogens (tertiary/aromatic N) is 1. The van der Waals surface area contributed by atoms with E-state index in [9.17, 15) is 13.2 Å². The van der Waals surface area contributed by atoms with E-state index in [2.05, 4.69) is 15.0 Å². The molecule has 0 fully saturated rings. The van der Waals surface area contributed by atoms with Crippen LogP contribution < -0.4 is 5.32 Å². The predicted molar refractivity (Wildman–Crippen MR) is 57.6 cm³/mol. The van der Waals surface area contributed by atoms with Crippen LogP contribution in [0.4, 0.5) is 13.2 Å². The first-order valence-corrected chi connectivity index (χ1v) is 5.24. The number of ether oxygens (including phenoxy) is 1. The van der Waals surface area contributed by atoms with Crippen LogP contribution in [0, 0.1) is 6.92 Å². The SMILES string of the molecule is Cc1ccncc1CNCCOCC(F)(F)F. The number of nitrogens with one attached hydrogen (secondary N) is 1. The van der Waals surface area contributed by atoms with E-state index in [0.29, 0.717) is 13.1 Å². The Morgan fingerprint density at radius 2 is 2.18 bits per heavy atom. The summed E-state index contributed by atoms with van der Waals surface area (Å²) in [4.78, 5) is 3.97. The number of aromatic nitrogens is 1. The minimum Gasteiger partial charge on any atom is -0.371 e. The van der Waals surface area contributed by atoms with E-state index in [1.54, 1.807) is 12.4 Å². The van der Waals surface area contributed by atoms with E-state index in [-0.39, 0.29) is 6.61 Å². The fourth-order valence-electron chi connectivity index (χ4n) is 1.24. The minimum absolute atomic E-state index is 0.0405. The molecule has 0 saturated heterocycles. The third-order valence-corrected chi connectivity index (χ3v) is 2.15. The molecule has 0 amide bonds. The lowest BCUT2D eigenvalue weighted by molar-refractivity contribution is -0.173. The summed E-state index contributed by atoms with van der Waals surface area (Å²) in [5, 5.41) is 3.00. The Morgan fingerprint density at radius 3 is 2.82 bits per heavy atom. The zero-order valence-electron chi connectivity index (χ0n) is 9.55. The maximum atomic E-state index is 11.7. The number of alkyl halides is 3. The second kappa shape index (κ2) is 6.56. The molecule has 0 unspecified atom stereocenters. The fraction of sp³-hybridized carbons (Fsp3) is 0.545. The van der Waals surface area contributed by atoms with Crippen molar-refractivity contribution in [2.24, 2.45) is 0 Å². The first-order chi connectivity index (χ1) is 7.99. The molecule has 0 aliphatic rings. The molecule has 6 heteroatoms. The van der Waals surface area contributed by atoms with Gasteiger partial charge >= 0.3 is 6.18 Å². The van der Waals surface area contributed by atoms with E-state index in [1.165, 1.54) is 0 Å². The summed E-state index contributed by atoms with van der Waals surface area (Å²) in [6.07, 6.45) is -0.815. The van der Waals surface area contributed by atoms with E-state index in [1.807, 2.05) is 13.0 Å². The maximum Gasteiger partial charge on any atom is 0.411 e. The molecule has 0 aliphatic carbocycles. The summed E-state index contributed by atoms with van der Waals surface area (Å²) < 4.78 is 39.7. The van der Waals surface area contributed by atoms with Gasteiger partial charge in [0.25, 0.3) is 0 Å². The van der Waals surface area contributed by atoms with Gasteiger partial charge in [0, 0.05) is 25.5 Å². The van der Waals surface area contributed by atoms with Crippen molar-refractivity contribution in [3.8, 4) is 0 Å². The highest BCUT2D eigenvalue weighted by atomic mass is 19.4. The molecule has 0 atom stereocenters. The van der Waals surface area contributed by atoms with Crippen LogP contribution in [-0.4, -0.2) is 30.9 Å². The fourth-order valence-corrected chi connectivity index (χ4v) is 1.24. The molecule has 1 heterocycles. The molecule has 1 aromatic rings. The summed E-state index contributed by atoms with van der Waals surface area (Å²) in [5.41, 5.74) is 2.13. The molecule has 0 bridgehead atoms. The summed E-state index contributed by atoms with van der Waals surface area (Å²) in [6, 6.07) is 1.89. The van der Waals surface area contributed by atoms with Crippen LogP contribution in [0.2, 0.25) is 0 Å². The van der Waals surface area contributed by atoms with Gasteiger partial charge in [0.05, 0.1) is 6.61 Å². The van der Waals surface area contributed by atoms with Crippen LogP contribution >= 0.6 is 0 Å². The van der Waals surface area contributed by atoms with Crippen molar-refractivity contribution in [1.82, 2.24) is 10.3 Å². The van der Waals surface area contributed by atoms with Gasteiger partial charge < -0.3 is 10.1 Å². The van der Waals surface area contributed by atoms with E-state index in [0.717, 1.165) is 11.1 Å². The third kappa shape index (κ3) is 6.23. The van der Waals surface area contributed by atoms with Gasteiger partial charge in [-0.2, -0.15) is 13.2 Å². The lowest BCUT2D eigenvalue weighted by Gasteiger charge is -2.09. The summed E-state index contributed by atoms with van der Waals surface area (Å²) in [7, 11) is 0. The highest BCUT2D eigenvalue weighted by molar-refractivity contribution is 5.20. The molecule has 17 heavy (non-hydrogen) atoms. The van der Waals surface area contributed by atoms with Crippen molar-refractivity contribution in [3.05, 3.63) is 29.6 Å². The molecule has 1 aromatic heterocycles. The van der Waals surface area contributed by atoms with E-state index >= 15 is 0 Å². The topological polar surface area (TPSA) is 34.2 Å². The van der Waals surface area contributed by atoms with Crippen LogP contribution in [0.5, 0.6) is 0 Å². The zero-order chi connectivity index (χ0) is 12.7. The molecule has 1 rings (SSSR count). The highest BCUT2D eigenvalue weighted by Gasteiger charge is 2.27. The van der Waals surface area contributed by atoms with Crippen molar-refractivity contribution in [2.45, 2.75) is 19.6 Å². The number of pyridine rings is 1. The monoisotopic (exact) mass is 248 g/mol. The molecule has 0 aliphatic heterocycles. The van der Waals surface area contributed by atoms with Crippen molar-refractivity contribution in [2.75, 3.05) is 19.8 Å². The molecule has 1 N–H and O–H groups in total. The minimum atomic E-state index is -4.25. The Kier molecular flexibility index (Phi) is 5.37. The number of halogens is 3. The number of aryl methyl sites for hydroxylation is 1. The Balaban J connectivity index is 2.11. The second-order valence-corrected chi connectivity index (χ2v) is 3.65. The Bertz CT molecular complexity index is 342. The lowest BCUT2D eigenvalue weighted by Crippen LogP contribution is -2.23. The number of rotatable bonds is 6. The normalized spacial score (nSPS) is 11.8. The molecular weight excluding hydrogens is 233 g/mol. The Morgan fingerprint density at radius 1 is 1.41 bits per heavy atom. The highest BCUT2D eigenvalue weighted by Crippen LogP contribution is 2.13. The van der Waals surface area contributed by atoms with Crippen LogP contribution in [-0.2, 0) is 11.3 Å². The van der Waals surface area contributed by atoms with Gasteiger partial charge in [0.1, 0.15) is 6.61 Å². The van der Waals surface area contributed by atoms with Crippen molar-refractivity contribution in [3.63, 3.8) is 0 Å². The first-order valence-electron chi connectivity index (χ1n) is 5.24. The van der Waals surface area contributed by atoms with Crippen molar-refractivity contribution in [1.29, 1.82) is 0 Å². The van der Waals surface area contributed by atoms with Crippen LogP contribution in [0.3, 0.4) is 0 Å².